The molecule has 1 aromatic carbocycles. The summed E-state index contributed by atoms with van der Waals surface area (Å²) in [4.78, 5) is 6.18. The van der Waals surface area contributed by atoms with Crippen molar-refractivity contribution in [3.05, 3.63) is 58.5 Å². The molecule has 0 radical (unpaired) electrons. The van der Waals surface area contributed by atoms with Gasteiger partial charge in [0.15, 0.2) is 0 Å². The smallest absolute Gasteiger partial charge is 0.129 e. The van der Waals surface area contributed by atoms with E-state index in [0.29, 0.717) is 23.1 Å². The molecule has 2 aromatic rings. The van der Waals surface area contributed by atoms with Gasteiger partial charge in [0.2, 0.25) is 0 Å². The summed E-state index contributed by atoms with van der Waals surface area (Å²) < 4.78 is 12.8. The van der Waals surface area contributed by atoms with Gasteiger partial charge < -0.3 is 10.0 Å². The minimum atomic E-state index is -0.251. The number of anilines is 1. The second kappa shape index (κ2) is 5.99. The number of aliphatic hydroxyl groups excluding tert-OH is 1. The number of nitrogens with zero attached hydrogens (tertiary/aromatic N) is 2. The summed E-state index contributed by atoms with van der Waals surface area (Å²) in [6.07, 6.45) is 0. The maximum absolute atomic E-state index is 12.8. The Morgan fingerprint density at radius 3 is 2.53 bits per heavy atom. The molecule has 0 atom stereocenters. The van der Waals surface area contributed by atoms with Gasteiger partial charge in [0.25, 0.3) is 0 Å². The molecule has 0 unspecified atom stereocenters. The van der Waals surface area contributed by atoms with Crippen LogP contribution in [0.1, 0.15) is 11.3 Å². The molecule has 0 aliphatic heterocycles. The molecule has 3 nitrogen and oxygen atoms in total. The van der Waals surface area contributed by atoms with Gasteiger partial charge in [0.05, 0.1) is 17.3 Å². The Morgan fingerprint density at radius 1 is 1.21 bits per heavy atom. The standard InChI is InChI=1S/C14H14ClFN2O/c1-18(8-10-2-4-11(16)5-3-10)14-7-6-12(15)13(9-19)17-14/h2-7,19H,8-9H2,1H3. The first-order valence-corrected chi connectivity index (χ1v) is 6.20. The largest absolute Gasteiger partial charge is 0.390 e. The molecule has 0 aliphatic carbocycles. The average Bonchev–Trinajstić information content (AvgIpc) is 2.42. The monoisotopic (exact) mass is 280 g/mol. The van der Waals surface area contributed by atoms with Crippen molar-refractivity contribution in [2.45, 2.75) is 13.2 Å². The third-order valence-electron chi connectivity index (χ3n) is 2.78. The summed E-state index contributed by atoms with van der Waals surface area (Å²) in [7, 11) is 1.88. The molecule has 1 heterocycles. The van der Waals surface area contributed by atoms with E-state index in [0.717, 1.165) is 5.56 Å². The van der Waals surface area contributed by atoms with Gasteiger partial charge >= 0.3 is 0 Å². The van der Waals surface area contributed by atoms with Gasteiger partial charge in [-0.1, -0.05) is 23.7 Å². The molecule has 0 bridgehead atoms. The first-order chi connectivity index (χ1) is 9.10. The van der Waals surface area contributed by atoms with Crippen molar-refractivity contribution in [2.24, 2.45) is 0 Å². The lowest BCUT2D eigenvalue weighted by Crippen LogP contribution is -2.18. The molecule has 1 N–H and O–H groups in total. The minimum Gasteiger partial charge on any atom is -0.390 e. The number of halogens is 2. The Morgan fingerprint density at radius 2 is 1.89 bits per heavy atom. The van der Waals surface area contributed by atoms with E-state index in [1.807, 2.05) is 11.9 Å². The van der Waals surface area contributed by atoms with E-state index in [2.05, 4.69) is 4.98 Å². The van der Waals surface area contributed by atoms with Crippen LogP contribution in [-0.2, 0) is 13.2 Å². The van der Waals surface area contributed by atoms with Crippen molar-refractivity contribution in [1.82, 2.24) is 4.98 Å². The van der Waals surface area contributed by atoms with Crippen LogP contribution < -0.4 is 4.90 Å². The zero-order chi connectivity index (χ0) is 13.8. The fourth-order valence-corrected chi connectivity index (χ4v) is 1.91. The topological polar surface area (TPSA) is 36.4 Å². The van der Waals surface area contributed by atoms with E-state index >= 15 is 0 Å². The zero-order valence-corrected chi connectivity index (χ0v) is 11.2. The number of hydrogen-bond acceptors (Lipinski definition) is 3. The first-order valence-electron chi connectivity index (χ1n) is 5.82. The Kier molecular flexibility index (Phi) is 4.35. The molecular weight excluding hydrogens is 267 g/mol. The van der Waals surface area contributed by atoms with Crippen LogP contribution in [0.5, 0.6) is 0 Å². The zero-order valence-electron chi connectivity index (χ0n) is 10.5. The van der Waals surface area contributed by atoms with Gasteiger partial charge in [-0.3, -0.25) is 0 Å². The second-order valence-corrected chi connectivity index (χ2v) is 4.65. The van der Waals surface area contributed by atoms with E-state index in [-0.39, 0.29) is 12.4 Å². The molecule has 19 heavy (non-hydrogen) atoms. The maximum Gasteiger partial charge on any atom is 0.129 e. The molecule has 100 valence electrons. The van der Waals surface area contributed by atoms with E-state index in [1.165, 1.54) is 12.1 Å². The Bertz CT molecular complexity index is 560. The fourth-order valence-electron chi connectivity index (χ4n) is 1.74. The molecular formula is C14H14ClFN2O. The summed E-state index contributed by atoms with van der Waals surface area (Å²) in [5.74, 6) is 0.455. The van der Waals surface area contributed by atoms with Crippen molar-refractivity contribution in [3.8, 4) is 0 Å². The van der Waals surface area contributed by atoms with Gasteiger partial charge in [0.1, 0.15) is 11.6 Å². The first kappa shape index (κ1) is 13.8. The van der Waals surface area contributed by atoms with Gasteiger partial charge in [-0.15, -0.1) is 0 Å². The van der Waals surface area contributed by atoms with E-state index in [1.54, 1.807) is 24.3 Å². The average molecular weight is 281 g/mol. The normalized spacial score (nSPS) is 10.5. The molecule has 0 saturated heterocycles. The van der Waals surface area contributed by atoms with Crippen LogP contribution in [0.15, 0.2) is 36.4 Å². The Labute approximate surface area is 116 Å². The van der Waals surface area contributed by atoms with Crippen LogP contribution in [0.2, 0.25) is 5.02 Å². The predicted molar refractivity (Wildman–Crippen MR) is 73.7 cm³/mol. The van der Waals surface area contributed by atoms with Crippen molar-refractivity contribution < 1.29 is 9.50 Å². The maximum atomic E-state index is 12.8. The van der Waals surface area contributed by atoms with Gasteiger partial charge in [-0.2, -0.15) is 0 Å². The van der Waals surface area contributed by atoms with Crippen molar-refractivity contribution in [3.63, 3.8) is 0 Å². The molecule has 0 fully saturated rings. The van der Waals surface area contributed by atoms with Gasteiger partial charge in [-0.05, 0) is 29.8 Å². The number of aromatic nitrogens is 1. The summed E-state index contributed by atoms with van der Waals surface area (Å²) in [6.45, 7) is 0.400. The molecule has 0 spiro atoms. The SMILES string of the molecule is CN(Cc1ccc(F)cc1)c1ccc(Cl)c(CO)n1. The Balaban J connectivity index is 2.15. The molecule has 0 aliphatic rings. The molecule has 0 saturated carbocycles. The van der Waals surface area contributed by atoms with Crippen molar-refractivity contribution >= 4 is 17.4 Å². The van der Waals surface area contributed by atoms with Crippen LogP contribution in [0.3, 0.4) is 0 Å². The predicted octanol–water partition coefficient (Wildman–Crippen LogP) is 3.00. The fraction of sp³-hybridized carbons (Fsp3) is 0.214. The quantitative estimate of drug-likeness (QED) is 0.935. The van der Waals surface area contributed by atoms with Gasteiger partial charge in [-0.25, -0.2) is 9.37 Å². The van der Waals surface area contributed by atoms with Crippen LogP contribution in [0.4, 0.5) is 10.2 Å². The van der Waals surface area contributed by atoms with Crippen molar-refractivity contribution in [2.75, 3.05) is 11.9 Å². The molecule has 0 amide bonds. The molecule has 2 rings (SSSR count). The lowest BCUT2D eigenvalue weighted by atomic mass is 10.2. The van der Waals surface area contributed by atoms with Crippen LogP contribution >= 0.6 is 11.6 Å². The molecule has 1 aromatic heterocycles. The number of benzene rings is 1. The highest BCUT2D eigenvalue weighted by Crippen LogP contribution is 2.20. The number of pyridine rings is 1. The van der Waals surface area contributed by atoms with Crippen LogP contribution in [0.25, 0.3) is 0 Å². The lowest BCUT2D eigenvalue weighted by molar-refractivity contribution is 0.277. The summed E-state index contributed by atoms with van der Waals surface area (Å²) >= 11 is 5.90. The summed E-state index contributed by atoms with van der Waals surface area (Å²) in [5, 5.41) is 9.58. The number of rotatable bonds is 4. The van der Waals surface area contributed by atoms with E-state index < -0.39 is 0 Å². The van der Waals surface area contributed by atoms with Gasteiger partial charge in [0, 0.05) is 13.6 Å². The minimum absolute atomic E-state index is 0.197. The second-order valence-electron chi connectivity index (χ2n) is 4.24. The van der Waals surface area contributed by atoms with E-state index in [4.69, 9.17) is 16.7 Å². The third kappa shape index (κ3) is 3.43. The highest BCUT2D eigenvalue weighted by atomic mass is 35.5. The summed E-state index contributed by atoms with van der Waals surface area (Å²) in [5.41, 5.74) is 1.43. The van der Waals surface area contributed by atoms with Crippen LogP contribution in [0, 0.1) is 5.82 Å². The third-order valence-corrected chi connectivity index (χ3v) is 3.12. The lowest BCUT2D eigenvalue weighted by Gasteiger charge is -2.19. The highest BCUT2D eigenvalue weighted by molar-refractivity contribution is 6.31. The van der Waals surface area contributed by atoms with E-state index in [9.17, 15) is 4.39 Å². The Hall–Kier alpha value is -1.65. The highest BCUT2D eigenvalue weighted by Gasteiger charge is 2.07. The summed E-state index contributed by atoms with van der Waals surface area (Å²) in [6, 6.07) is 9.81. The number of aliphatic hydroxyl groups is 1. The number of hydrogen-bond donors (Lipinski definition) is 1. The van der Waals surface area contributed by atoms with Crippen LogP contribution in [-0.4, -0.2) is 17.1 Å². The molecule has 5 heteroatoms. The van der Waals surface area contributed by atoms with Crippen molar-refractivity contribution in [1.29, 1.82) is 0 Å².